The highest BCUT2D eigenvalue weighted by atomic mass is 16.5. The maximum absolute atomic E-state index is 12.6. The molecular formula is C24H25NO5. The molecule has 0 fully saturated rings. The predicted molar refractivity (Wildman–Crippen MR) is 117 cm³/mol. The highest BCUT2D eigenvalue weighted by Gasteiger charge is 2.17. The third kappa shape index (κ3) is 4.22. The minimum absolute atomic E-state index is 0.276. The number of methoxy groups -OCH3 is 1. The molecule has 0 saturated heterocycles. The van der Waals surface area contributed by atoms with E-state index in [9.17, 15) is 9.59 Å². The number of amides is 1. The maximum atomic E-state index is 12.6. The number of ether oxygens (including phenoxy) is 2. The number of hydrogen-bond acceptors (Lipinski definition) is 5. The quantitative estimate of drug-likeness (QED) is 0.444. The molecule has 0 unspecified atom stereocenters. The fourth-order valence-corrected chi connectivity index (χ4v) is 3.32. The molecule has 3 aromatic rings. The third-order valence-electron chi connectivity index (χ3n) is 4.87. The van der Waals surface area contributed by atoms with Gasteiger partial charge >= 0.3 is 5.97 Å². The van der Waals surface area contributed by atoms with Crippen LogP contribution >= 0.6 is 0 Å². The van der Waals surface area contributed by atoms with Crippen molar-refractivity contribution in [1.82, 2.24) is 0 Å². The van der Waals surface area contributed by atoms with Crippen LogP contribution in [0.3, 0.4) is 0 Å². The van der Waals surface area contributed by atoms with Gasteiger partial charge in [-0.25, -0.2) is 4.79 Å². The number of nitrogens with one attached hydrogen (secondary N) is 1. The summed E-state index contributed by atoms with van der Waals surface area (Å²) in [4.78, 5) is 24.1. The standard InChI is InChI=1S/C24H25NO5/c1-6-29-22-16(4)23-20(15(3)13-30-23)12-19(22)14(2)11-21(26)25-18-9-7-17(8-10-18)24(27)28-5/h7-13H,6H2,1-5H3,(H,25,26)/b14-11+. The number of rotatable bonds is 6. The first-order valence-corrected chi connectivity index (χ1v) is 9.68. The zero-order valence-corrected chi connectivity index (χ0v) is 17.8. The summed E-state index contributed by atoms with van der Waals surface area (Å²) < 4.78 is 16.2. The summed E-state index contributed by atoms with van der Waals surface area (Å²) in [6, 6.07) is 8.51. The minimum atomic E-state index is -0.424. The van der Waals surface area contributed by atoms with Crippen LogP contribution in [0.1, 0.15) is 40.9 Å². The van der Waals surface area contributed by atoms with Gasteiger partial charge in [0.05, 0.1) is 25.5 Å². The summed E-state index contributed by atoms with van der Waals surface area (Å²) in [5, 5.41) is 3.81. The van der Waals surface area contributed by atoms with E-state index in [-0.39, 0.29) is 5.91 Å². The number of hydrogen-bond donors (Lipinski definition) is 1. The number of esters is 1. The van der Waals surface area contributed by atoms with Crippen molar-refractivity contribution >= 4 is 34.1 Å². The Morgan fingerprint density at radius 2 is 1.87 bits per heavy atom. The Morgan fingerprint density at radius 3 is 2.50 bits per heavy atom. The van der Waals surface area contributed by atoms with Crippen LogP contribution < -0.4 is 10.1 Å². The van der Waals surface area contributed by atoms with E-state index < -0.39 is 5.97 Å². The van der Waals surface area contributed by atoms with Crippen LogP contribution in [0, 0.1) is 13.8 Å². The lowest BCUT2D eigenvalue weighted by Crippen LogP contribution is -2.09. The van der Waals surface area contributed by atoms with E-state index in [0.29, 0.717) is 23.6 Å². The summed E-state index contributed by atoms with van der Waals surface area (Å²) in [6.45, 7) is 8.24. The molecule has 1 heterocycles. The highest BCUT2D eigenvalue weighted by molar-refractivity contribution is 6.05. The van der Waals surface area contributed by atoms with Crippen LogP contribution in [0.5, 0.6) is 5.75 Å². The number of furan rings is 1. The number of aryl methyl sites for hydroxylation is 2. The van der Waals surface area contributed by atoms with Crippen molar-refractivity contribution in [1.29, 1.82) is 0 Å². The van der Waals surface area contributed by atoms with E-state index >= 15 is 0 Å². The van der Waals surface area contributed by atoms with Gasteiger partial charge in [0, 0.05) is 28.3 Å². The molecule has 1 aromatic heterocycles. The average molecular weight is 407 g/mol. The second-order valence-electron chi connectivity index (χ2n) is 6.99. The van der Waals surface area contributed by atoms with Crippen LogP contribution in [0.15, 0.2) is 47.1 Å². The molecule has 0 aliphatic heterocycles. The first kappa shape index (κ1) is 21.2. The summed E-state index contributed by atoms with van der Waals surface area (Å²) in [5.74, 6) is 0.0122. The van der Waals surface area contributed by atoms with Crippen LogP contribution in [-0.2, 0) is 9.53 Å². The summed E-state index contributed by atoms with van der Waals surface area (Å²) in [7, 11) is 1.33. The van der Waals surface area contributed by atoms with E-state index in [2.05, 4.69) is 10.1 Å². The lowest BCUT2D eigenvalue weighted by atomic mass is 9.98. The van der Waals surface area contributed by atoms with Crippen LogP contribution in [0.4, 0.5) is 5.69 Å². The van der Waals surface area contributed by atoms with Gasteiger partial charge in [-0.15, -0.1) is 0 Å². The lowest BCUT2D eigenvalue weighted by Gasteiger charge is -2.14. The number of fused-ring (bicyclic) bond motifs is 1. The first-order chi connectivity index (χ1) is 14.3. The third-order valence-corrected chi connectivity index (χ3v) is 4.87. The molecule has 156 valence electrons. The molecule has 30 heavy (non-hydrogen) atoms. The van der Waals surface area contributed by atoms with Gasteiger partial charge in [0.15, 0.2) is 0 Å². The molecule has 1 amide bonds. The molecule has 6 nitrogen and oxygen atoms in total. The summed E-state index contributed by atoms with van der Waals surface area (Å²) >= 11 is 0. The zero-order valence-electron chi connectivity index (χ0n) is 17.8. The van der Waals surface area contributed by atoms with Crippen LogP contribution in [0.2, 0.25) is 0 Å². The second kappa shape index (κ2) is 8.86. The Hall–Kier alpha value is -3.54. The number of allylic oxidation sites excluding steroid dienone is 1. The van der Waals surface area contributed by atoms with E-state index in [1.165, 1.54) is 13.2 Å². The topological polar surface area (TPSA) is 77.8 Å². The van der Waals surface area contributed by atoms with Gasteiger partial charge in [-0.2, -0.15) is 0 Å². The van der Waals surface area contributed by atoms with Gasteiger partial charge in [0.1, 0.15) is 11.3 Å². The Balaban J connectivity index is 1.89. The van der Waals surface area contributed by atoms with Gasteiger partial charge < -0.3 is 19.2 Å². The van der Waals surface area contributed by atoms with Crippen LogP contribution in [-0.4, -0.2) is 25.6 Å². The largest absolute Gasteiger partial charge is 0.493 e. The van der Waals surface area contributed by atoms with Crippen molar-refractivity contribution in [2.75, 3.05) is 19.0 Å². The Bertz CT molecular complexity index is 1120. The maximum Gasteiger partial charge on any atom is 0.337 e. The van der Waals surface area contributed by atoms with Crippen molar-refractivity contribution in [3.05, 3.63) is 64.9 Å². The average Bonchev–Trinajstić information content (AvgIpc) is 3.10. The molecule has 2 aromatic carbocycles. The fraction of sp³-hybridized carbons (Fsp3) is 0.250. The van der Waals surface area contributed by atoms with Crippen molar-refractivity contribution < 1.29 is 23.5 Å². The predicted octanol–water partition coefficient (Wildman–Crippen LogP) is 5.28. The molecule has 0 radical (unpaired) electrons. The normalized spacial score (nSPS) is 11.4. The molecule has 0 saturated carbocycles. The number of carbonyl (C=O) groups is 2. The SMILES string of the molecule is CCOc1c(/C(C)=C/C(=O)Nc2ccc(C(=O)OC)cc2)cc2c(C)coc2c1C. The van der Waals surface area contributed by atoms with Crippen molar-refractivity contribution in [3.8, 4) is 5.75 Å². The highest BCUT2D eigenvalue weighted by Crippen LogP contribution is 2.37. The molecule has 0 aliphatic carbocycles. The van der Waals surface area contributed by atoms with Crippen molar-refractivity contribution in [2.45, 2.75) is 27.7 Å². The number of benzene rings is 2. The zero-order chi connectivity index (χ0) is 21.8. The fourth-order valence-electron chi connectivity index (χ4n) is 3.32. The monoisotopic (exact) mass is 407 g/mol. The molecule has 6 heteroatoms. The molecule has 1 N–H and O–H groups in total. The smallest absolute Gasteiger partial charge is 0.337 e. The van der Waals surface area contributed by atoms with E-state index in [0.717, 1.165) is 33.2 Å². The molecular weight excluding hydrogens is 382 g/mol. The summed E-state index contributed by atoms with van der Waals surface area (Å²) in [6.07, 6.45) is 3.26. The molecule has 3 rings (SSSR count). The number of anilines is 1. The Labute approximate surface area is 175 Å². The minimum Gasteiger partial charge on any atom is -0.493 e. The van der Waals surface area contributed by atoms with E-state index in [4.69, 9.17) is 9.15 Å². The van der Waals surface area contributed by atoms with Gasteiger partial charge in [-0.05, 0) is 69.2 Å². The van der Waals surface area contributed by atoms with Gasteiger partial charge in [-0.3, -0.25) is 4.79 Å². The van der Waals surface area contributed by atoms with Gasteiger partial charge in [0.2, 0.25) is 5.91 Å². The first-order valence-electron chi connectivity index (χ1n) is 9.68. The van der Waals surface area contributed by atoms with Gasteiger partial charge in [-0.1, -0.05) is 0 Å². The van der Waals surface area contributed by atoms with Crippen molar-refractivity contribution in [2.24, 2.45) is 0 Å². The van der Waals surface area contributed by atoms with E-state index in [1.54, 1.807) is 30.5 Å². The van der Waals surface area contributed by atoms with Gasteiger partial charge in [0.25, 0.3) is 0 Å². The number of carbonyl (C=O) groups excluding carboxylic acids is 2. The molecule has 0 spiro atoms. The second-order valence-corrected chi connectivity index (χ2v) is 6.99. The van der Waals surface area contributed by atoms with E-state index in [1.807, 2.05) is 33.8 Å². The van der Waals surface area contributed by atoms with Crippen molar-refractivity contribution in [3.63, 3.8) is 0 Å². The Morgan fingerprint density at radius 1 is 1.17 bits per heavy atom. The summed E-state index contributed by atoms with van der Waals surface area (Å²) in [5.41, 5.74) is 5.35. The molecule has 0 bridgehead atoms. The lowest BCUT2D eigenvalue weighted by molar-refractivity contribution is -0.111. The molecule has 0 atom stereocenters. The molecule has 0 aliphatic rings. The Kier molecular flexibility index (Phi) is 6.26. The van der Waals surface area contributed by atoms with Crippen LogP contribution in [0.25, 0.3) is 16.5 Å².